The molecule has 2 aromatic carbocycles. The van der Waals surface area contributed by atoms with Gasteiger partial charge in [-0.2, -0.15) is 4.31 Å². The monoisotopic (exact) mass is 390 g/mol. The predicted octanol–water partition coefficient (Wildman–Crippen LogP) is 3.78. The lowest BCUT2D eigenvalue weighted by molar-refractivity contribution is -0.111. The SMILES string of the molecule is O=C(C=Cc1cccc(Cl)c1)Nc1ccc(S(=O)(=O)N2CCCC2)cc1. The molecule has 136 valence electrons. The van der Waals surface area contributed by atoms with Crippen LogP contribution in [0.2, 0.25) is 5.02 Å². The van der Waals surface area contributed by atoms with Crippen molar-refractivity contribution in [3.63, 3.8) is 0 Å². The maximum Gasteiger partial charge on any atom is 0.248 e. The summed E-state index contributed by atoms with van der Waals surface area (Å²) in [7, 11) is -3.44. The average Bonchev–Trinajstić information content (AvgIpc) is 3.16. The van der Waals surface area contributed by atoms with Gasteiger partial charge in [0.1, 0.15) is 0 Å². The third-order valence-electron chi connectivity index (χ3n) is 4.10. The molecule has 5 nitrogen and oxygen atoms in total. The van der Waals surface area contributed by atoms with E-state index in [1.54, 1.807) is 36.4 Å². The molecule has 0 unspecified atom stereocenters. The molecule has 3 rings (SSSR count). The third kappa shape index (κ3) is 4.52. The molecule has 2 aromatic rings. The van der Waals surface area contributed by atoms with Gasteiger partial charge in [-0.15, -0.1) is 0 Å². The second kappa shape index (κ2) is 8.03. The van der Waals surface area contributed by atoms with Crippen molar-refractivity contribution in [3.8, 4) is 0 Å². The first-order valence-corrected chi connectivity index (χ1v) is 10.1. The Morgan fingerprint density at radius 3 is 2.42 bits per heavy atom. The molecule has 1 aliphatic rings. The summed E-state index contributed by atoms with van der Waals surface area (Å²) in [5.41, 5.74) is 1.35. The number of nitrogens with one attached hydrogen (secondary N) is 1. The van der Waals surface area contributed by atoms with Gasteiger partial charge in [0.15, 0.2) is 0 Å². The molecule has 0 aliphatic carbocycles. The van der Waals surface area contributed by atoms with E-state index in [1.165, 1.54) is 22.5 Å². The lowest BCUT2D eigenvalue weighted by Gasteiger charge is -2.15. The highest BCUT2D eigenvalue weighted by Crippen LogP contribution is 2.22. The van der Waals surface area contributed by atoms with Crippen LogP contribution in [0.3, 0.4) is 0 Å². The van der Waals surface area contributed by atoms with Crippen LogP contribution >= 0.6 is 11.6 Å². The molecule has 1 heterocycles. The van der Waals surface area contributed by atoms with Crippen LogP contribution in [0.1, 0.15) is 18.4 Å². The van der Waals surface area contributed by atoms with Crippen LogP contribution in [0, 0.1) is 0 Å². The van der Waals surface area contributed by atoms with Crippen LogP contribution in [0.5, 0.6) is 0 Å². The molecular weight excluding hydrogens is 372 g/mol. The minimum atomic E-state index is -3.44. The summed E-state index contributed by atoms with van der Waals surface area (Å²) in [6, 6.07) is 13.4. The van der Waals surface area contributed by atoms with Crippen LogP contribution in [0.25, 0.3) is 6.08 Å². The maximum atomic E-state index is 12.5. The molecule has 0 spiro atoms. The summed E-state index contributed by atoms with van der Waals surface area (Å²) in [6.45, 7) is 1.13. The number of carbonyl (C=O) groups excluding carboxylic acids is 1. The van der Waals surface area contributed by atoms with Crippen molar-refractivity contribution in [2.75, 3.05) is 18.4 Å². The first-order chi connectivity index (χ1) is 12.4. The van der Waals surface area contributed by atoms with Gasteiger partial charge in [-0.1, -0.05) is 23.7 Å². The number of sulfonamides is 1. The van der Waals surface area contributed by atoms with E-state index >= 15 is 0 Å². The molecule has 7 heteroatoms. The summed E-state index contributed by atoms with van der Waals surface area (Å²) < 4.78 is 26.4. The van der Waals surface area contributed by atoms with E-state index in [-0.39, 0.29) is 10.8 Å². The van der Waals surface area contributed by atoms with Crippen molar-refractivity contribution >= 4 is 39.3 Å². The van der Waals surface area contributed by atoms with Crippen molar-refractivity contribution < 1.29 is 13.2 Å². The van der Waals surface area contributed by atoms with Crippen molar-refractivity contribution in [2.24, 2.45) is 0 Å². The minimum Gasteiger partial charge on any atom is -0.323 e. The van der Waals surface area contributed by atoms with Crippen molar-refractivity contribution in [1.29, 1.82) is 0 Å². The first kappa shape index (κ1) is 18.6. The molecule has 1 saturated heterocycles. The normalized spacial score (nSPS) is 15.4. The topological polar surface area (TPSA) is 66.5 Å². The Bertz CT molecular complexity index is 918. The van der Waals surface area contributed by atoms with E-state index < -0.39 is 10.0 Å². The Hall–Kier alpha value is -2.15. The molecular formula is C19H19ClN2O3S. The van der Waals surface area contributed by atoms with Gasteiger partial charge >= 0.3 is 0 Å². The minimum absolute atomic E-state index is 0.242. The lowest BCUT2D eigenvalue weighted by atomic mass is 10.2. The van der Waals surface area contributed by atoms with Crippen LogP contribution < -0.4 is 5.32 Å². The van der Waals surface area contributed by atoms with Gasteiger partial charge < -0.3 is 5.32 Å². The van der Waals surface area contributed by atoms with Gasteiger partial charge in [-0.05, 0) is 60.9 Å². The second-order valence-electron chi connectivity index (χ2n) is 6.01. The fourth-order valence-electron chi connectivity index (χ4n) is 2.75. The van der Waals surface area contributed by atoms with E-state index in [1.807, 2.05) is 6.07 Å². The summed E-state index contributed by atoms with van der Waals surface area (Å²) in [5, 5.41) is 3.31. The van der Waals surface area contributed by atoms with Crippen molar-refractivity contribution in [1.82, 2.24) is 4.31 Å². The number of carbonyl (C=O) groups is 1. The van der Waals surface area contributed by atoms with E-state index in [0.29, 0.717) is 23.8 Å². The number of hydrogen-bond acceptors (Lipinski definition) is 3. The largest absolute Gasteiger partial charge is 0.323 e. The summed E-state index contributed by atoms with van der Waals surface area (Å²) >= 11 is 5.90. The molecule has 26 heavy (non-hydrogen) atoms. The van der Waals surface area contributed by atoms with Gasteiger partial charge in [0.25, 0.3) is 0 Å². The fourth-order valence-corrected chi connectivity index (χ4v) is 4.47. The lowest BCUT2D eigenvalue weighted by Crippen LogP contribution is -2.27. The van der Waals surface area contributed by atoms with Gasteiger partial charge in [0, 0.05) is 29.9 Å². The van der Waals surface area contributed by atoms with Crippen molar-refractivity contribution in [3.05, 3.63) is 65.2 Å². The summed E-state index contributed by atoms with van der Waals surface area (Å²) in [4.78, 5) is 12.2. The zero-order chi connectivity index (χ0) is 18.6. The Morgan fingerprint density at radius 1 is 1.08 bits per heavy atom. The number of benzene rings is 2. The standard InChI is InChI=1S/C19H19ClN2O3S/c20-16-5-3-4-15(14-16)6-11-19(23)21-17-7-9-18(10-8-17)26(24,25)22-12-1-2-13-22/h3-11,14H,1-2,12-13H2,(H,21,23). The number of rotatable bonds is 5. The van der Waals surface area contributed by atoms with E-state index in [9.17, 15) is 13.2 Å². The highest BCUT2D eigenvalue weighted by atomic mass is 35.5. The van der Waals surface area contributed by atoms with E-state index in [2.05, 4.69) is 5.32 Å². The van der Waals surface area contributed by atoms with Crippen molar-refractivity contribution in [2.45, 2.75) is 17.7 Å². The highest BCUT2D eigenvalue weighted by molar-refractivity contribution is 7.89. The van der Waals surface area contributed by atoms with E-state index in [0.717, 1.165) is 18.4 Å². The Morgan fingerprint density at radius 2 is 1.77 bits per heavy atom. The molecule has 0 radical (unpaired) electrons. The molecule has 1 aliphatic heterocycles. The molecule has 0 atom stereocenters. The number of amides is 1. The quantitative estimate of drug-likeness (QED) is 0.790. The Labute approximate surface area is 158 Å². The fraction of sp³-hybridized carbons (Fsp3) is 0.211. The van der Waals surface area contributed by atoms with Gasteiger partial charge in [-0.25, -0.2) is 8.42 Å². The van der Waals surface area contributed by atoms with Gasteiger partial charge in [0.2, 0.25) is 15.9 Å². The first-order valence-electron chi connectivity index (χ1n) is 8.30. The molecule has 1 N–H and O–H groups in total. The van der Waals surface area contributed by atoms with Gasteiger partial charge in [-0.3, -0.25) is 4.79 Å². The highest BCUT2D eigenvalue weighted by Gasteiger charge is 2.26. The molecule has 0 aromatic heterocycles. The molecule has 1 fully saturated rings. The van der Waals surface area contributed by atoms with Crippen LogP contribution in [-0.2, 0) is 14.8 Å². The van der Waals surface area contributed by atoms with Crippen LogP contribution in [-0.4, -0.2) is 31.7 Å². The summed E-state index contributed by atoms with van der Waals surface area (Å²) in [6.07, 6.45) is 4.85. The number of hydrogen-bond donors (Lipinski definition) is 1. The second-order valence-corrected chi connectivity index (χ2v) is 8.39. The molecule has 0 saturated carbocycles. The predicted molar refractivity (Wildman–Crippen MR) is 104 cm³/mol. The Balaban J connectivity index is 1.64. The zero-order valence-corrected chi connectivity index (χ0v) is 15.6. The zero-order valence-electron chi connectivity index (χ0n) is 14.1. The van der Waals surface area contributed by atoms with Gasteiger partial charge in [0.05, 0.1) is 4.90 Å². The van der Waals surface area contributed by atoms with Crippen LogP contribution in [0.4, 0.5) is 5.69 Å². The summed E-state index contributed by atoms with van der Waals surface area (Å²) in [5.74, 6) is -0.305. The molecule has 0 bridgehead atoms. The number of anilines is 1. The number of halogens is 1. The third-order valence-corrected chi connectivity index (χ3v) is 6.25. The molecule has 1 amide bonds. The van der Waals surface area contributed by atoms with E-state index in [4.69, 9.17) is 11.6 Å². The maximum absolute atomic E-state index is 12.5. The smallest absolute Gasteiger partial charge is 0.248 e. The number of nitrogens with zero attached hydrogens (tertiary/aromatic N) is 1. The average molecular weight is 391 g/mol. The van der Waals surface area contributed by atoms with Crippen LogP contribution in [0.15, 0.2) is 59.5 Å². The Kier molecular flexibility index (Phi) is 5.76.